The van der Waals surface area contributed by atoms with Crippen LogP contribution in [0.2, 0.25) is 5.02 Å². The van der Waals surface area contributed by atoms with Crippen LogP contribution in [0.4, 0.5) is 0 Å². The summed E-state index contributed by atoms with van der Waals surface area (Å²) >= 11 is 6.41. The number of aryl methyl sites for hydroxylation is 1. The van der Waals surface area contributed by atoms with E-state index in [1.54, 1.807) is 12.1 Å². The highest BCUT2D eigenvalue weighted by atomic mass is 35.5. The molecule has 6 nitrogen and oxygen atoms in total. The predicted octanol–water partition coefficient (Wildman–Crippen LogP) is 2.57. The molecule has 0 spiro atoms. The number of benzene rings is 2. The quantitative estimate of drug-likeness (QED) is 0.729. The molecular weight excluding hydrogens is 390 g/mol. The zero-order valence-corrected chi connectivity index (χ0v) is 17.2. The molecule has 7 heteroatoms. The van der Waals surface area contributed by atoms with Gasteiger partial charge in [-0.2, -0.15) is 0 Å². The minimum atomic E-state index is -0.255. The number of carbonyl (C=O) groups is 2. The molecule has 2 N–H and O–H groups in total. The van der Waals surface area contributed by atoms with E-state index in [0.717, 1.165) is 24.2 Å². The van der Waals surface area contributed by atoms with Crippen LogP contribution in [-0.4, -0.2) is 56.1 Å². The molecule has 1 aliphatic rings. The van der Waals surface area contributed by atoms with Gasteiger partial charge >= 0.3 is 0 Å². The first kappa shape index (κ1) is 21.3. The minimum Gasteiger partial charge on any atom is -0.379 e. The fourth-order valence-electron chi connectivity index (χ4n) is 3.43. The summed E-state index contributed by atoms with van der Waals surface area (Å²) in [6.45, 7) is 5.05. The molecule has 3 rings (SSSR count). The Labute approximate surface area is 176 Å². The number of morpholine rings is 1. The van der Waals surface area contributed by atoms with Crippen molar-refractivity contribution in [1.82, 2.24) is 15.5 Å². The van der Waals surface area contributed by atoms with Crippen molar-refractivity contribution in [3.63, 3.8) is 0 Å². The van der Waals surface area contributed by atoms with E-state index in [1.165, 1.54) is 0 Å². The maximum Gasteiger partial charge on any atom is 0.251 e. The van der Waals surface area contributed by atoms with Crippen LogP contribution in [0.3, 0.4) is 0 Å². The standard InChI is InChI=1S/C22H26ClN3O3/c1-16-6-2-3-7-17(16)22(28)25-15-21(27)24-14-20(26-10-12-29-13-11-26)18-8-4-5-9-19(18)23/h2-9,20H,10-15H2,1H3,(H,24,27)(H,25,28). The van der Waals surface area contributed by atoms with Crippen molar-refractivity contribution in [2.75, 3.05) is 39.4 Å². The maximum absolute atomic E-state index is 12.4. The molecule has 154 valence electrons. The van der Waals surface area contributed by atoms with E-state index < -0.39 is 0 Å². The second kappa shape index (κ2) is 10.4. The molecule has 0 saturated carbocycles. The molecule has 1 atom stereocenters. The van der Waals surface area contributed by atoms with Crippen LogP contribution in [0.1, 0.15) is 27.5 Å². The highest BCUT2D eigenvalue weighted by Crippen LogP contribution is 2.27. The topological polar surface area (TPSA) is 70.7 Å². The van der Waals surface area contributed by atoms with Gasteiger partial charge in [-0.3, -0.25) is 14.5 Å². The van der Waals surface area contributed by atoms with Gasteiger partial charge in [-0.25, -0.2) is 0 Å². The fourth-order valence-corrected chi connectivity index (χ4v) is 3.69. The molecule has 1 saturated heterocycles. The van der Waals surface area contributed by atoms with Gasteiger partial charge in [0.2, 0.25) is 5.91 Å². The minimum absolute atomic E-state index is 0.0522. The van der Waals surface area contributed by atoms with Gasteiger partial charge < -0.3 is 15.4 Å². The van der Waals surface area contributed by atoms with E-state index >= 15 is 0 Å². The molecule has 0 aromatic heterocycles. The molecule has 0 radical (unpaired) electrons. The second-order valence-electron chi connectivity index (χ2n) is 6.99. The van der Waals surface area contributed by atoms with E-state index in [0.29, 0.717) is 30.3 Å². The molecule has 1 unspecified atom stereocenters. The summed E-state index contributed by atoms with van der Waals surface area (Å²) in [5.74, 6) is -0.494. The van der Waals surface area contributed by atoms with E-state index in [2.05, 4.69) is 15.5 Å². The molecule has 29 heavy (non-hydrogen) atoms. The third-order valence-electron chi connectivity index (χ3n) is 5.04. The van der Waals surface area contributed by atoms with Gasteiger partial charge in [-0.1, -0.05) is 48.0 Å². The van der Waals surface area contributed by atoms with E-state index in [9.17, 15) is 9.59 Å². The first-order chi connectivity index (χ1) is 14.1. The highest BCUT2D eigenvalue weighted by Gasteiger charge is 2.24. The summed E-state index contributed by atoms with van der Waals surface area (Å²) in [6.07, 6.45) is 0. The Hall–Kier alpha value is -2.41. The van der Waals surface area contributed by atoms with Crippen LogP contribution in [0.25, 0.3) is 0 Å². The Bertz CT molecular complexity index is 853. The van der Waals surface area contributed by atoms with Gasteiger partial charge in [-0.15, -0.1) is 0 Å². The third kappa shape index (κ3) is 5.79. The maximum atomic E-state index is 12.4. The number of nitrogens with zero attached hydrogens (tertiary/aromatic N) is 1. The predicted molar refractivity (Wildman–Crippen MR) is 113 cm³/mol. The Balaban J connectivity index is 1.58. The number of rotatable bonds is 7. The van der Waals surface area contributed by atoms with Crippen molar-refractivity contribution in [2.45, 2.75) is 13.0 Å². The zero-order valence-electron chi connectivity index (χ0n) is 16.5. The largest absolute Gasteiger partial charge is 0.379 e. The SMILES string of the molecule is Cc1ccccc1C(=O)NCC(=O)NCC(c1ccccc1Cl)N1CCOCC1. The van der Waals surface area contributed by atoms with Gasteiger partial charge in [-0.05, 0) is 30.2 Å². The van der Waals surface area contributed by atoms with Crippen LogP contribution in [0, 0.1) is 6.92 Å². The number of carbonyl (C=O) groups excluding carboxylic acids is 2. The fraction of sp³-hybridized carbons (Fsp3) is 0.364. The van der Waals surface area contributed by atoms with Crippen molar-refractivity contribution in [3.8, 4) is 0 Å². The molecule has 1 fully saturated rings. The lowest BCUT2D eigenvalue weighted by atomic mass is 10.0. The second-order valence-corrected chi connectivity index (χ2v) is 7.39. The van der Waals surface area contributed by atoms with Crippen LogP contribution in [0.5, 0.6) is 0 Å². The average Bonchev–Trinajstić information content (AvgIpc) is 2.74. The van der Waals surface area contributed by atoms with E-state index in [1.807, 2.05) is 43.3 Å². The highest BCUT2D eigenvalue weighted by molar-refractivity contribution is 6.31. The first-order valence-corrected chi connectivity index (χ1v) is 10.1. The Morgan fingerprint density at radius 1 is 1.07 bits per heavy atom. The van der Waals surface area contributed by atoms with Crippen LogP contribution in [-0.2, 0) is 9.53 Å². The Kier molecular flexibility index (Phi) is 7.63. The van der Waals surface area contributed by atoms with Gasteiger partial charge in [0, 0.05) is 30.2 Å². The van der Waals surface area contributed by atoms with Gasteiger partial charge in [0.05, 0.1) is 25.8 Å². The van der Waals surface area contributed by atoms with Crippen molar-refractivity contribution < 1.29 is 14.3 Å². The van der Waals surface area contributed by atoms with E-state index in [4.69, 9.17) is 16.3 Å². The van der Waals surface area contributed by atoms with Crippen molar-refractivity contribution in [2.24, 2.45) is 0 Å². The molecule has 2 aromatic rings. The summed E-state index contributed by atoms with van der Waals surface area (Å²) in [6, 6.07) is 14.9. The normalized spacial score (nSPS) is 15.5. The number of amides is 2. The molecule has 1 heterocycles. The van der Waals surface area contributed by atoms with Crippen LogP contribution in [0.15, 0.2) is 48.5 Å². The molecule has 2 aromatic carbocycles. The van der Waals surface area contributed by atoms with Crippen molar-refractivity contribution in [1.29, 1.82) is 0 Å². The molecule has 0 bridgehead atoms. The summed E-state index contributed by atoms with van der Waals surface area (Å²) in [5.41, 5.74) is 2.42. The monoisotopic (exact) mass is 415 g/mol. The lowest BCUT2D eigenvalue weighted by molar-refractivity contribution is -0.120. The van der Waals surface area contributed by atoms with E-state index in [-0.39, 0.29) is 24.4 Å². The smallest absolute Gasteiger partial charge is 0.251 e. The number of hydrogen-bond donors (Lipinski definition) is 2. The lowest BCUT2D eigenvalue weighted by Gasteiger charge is -2.35. The average molecular weight is 416 g/mol. The molecule has 2 amide bonds. The van der Waals surface area contributed by atoms with Gasteiger partial charge in [0.1, 0.15) is 0 Å². The van der Waals surface area contributed by atoms with Crippen molar-refractivity contribution in [3.05, 3.63) is 70.2 Å². The molecule has 0 aliphatic carbocycles. The summed E-state index contributed by atoms with van der Waals surface area (Å²) in [4.78, 5) is 26.9. The van der Waals surface area contributed by atoms with Gasteiger partial charge in [0.15, 0.2) is 0 Å². The molecule has 1 aliphatic heterocycles. The molecular formula is C22H26ClN3O3. The number of halogens is 1. The van der Waals surface area contributed by atoms with Crippen molar-refractivity contribution >= 4 is 23.4 Å². The van der Waals surface area contributed by atoms with Crippen LogP contribution >= 0.6 is 11.6 Å². The summed E-state index contributed by atoms with van der Waals surface area (Å²) in [7, 11) is 0. The third-order valence-corrected chi connectivity index (χ3v) is 5.39. The van der Waals surface area contributed by atoms with Crippen LogP contribution < -0.4 is 10.6 Å². The number of ether oxygens (including phenoxy) is 1. The van der Waals surface area contributed by atoms with Gasteiger partial charge in [0.25, 0.3) is 5.91 Å². The Morgan fingerprint density at radius 3 is 2.48 bits per heavy atom. The Morgan fingerprint density at radius 2 is 1.76 bits per heavy atom. The first-order valence-electron chi connectivity index (χ1n) is 9.73. The number of hydrogen-bond acceptors (Lipinski definition) is 4. The lowest BCUT2D eigenvalue weighted by Crippen LogP contribution is -2.45. The zero-order chi connectivity index (χ0) is 20.6. The summed E-state index contributed by atoms with van der Waals surface area (Å²) < 4.78 is 5.45. The summed E-state index contributed by atoms with van der Waals surface area (Å²) in [5, 5.41) is 6.29. The number of nitrogens with one attached hydrogen (secondary N) is 2.